The number of halogens is 3. The molecular weight excluding hydrogens is 501 g/mol. The van der Waals surface area contributed by atoms with Crippen LogP contribution < -0.4 is 15.6 Å². The number of pyridine rings is 1. The van der Waals surface area contributed by atoms with Gasteiger partial charge in [0.25, 0.3) is 5.56 Å². The first-order chi connectivity index (χ1) is 18.0. The maximum atomic E-state index is 13.7. The maximum absolute atomic E-state index is 13.7. The van der Waals surface area contributed by atoms with Gasteiger partial charge in [-0.05, 0) is 55.8 Å². The van der Waals surface area contributed by atoms with E-state index in [4.69, 9.17) is 4.74 Å². The van der Waals surface area contributed by atoms with Crippen LogP contribution in [0.3, 0.4) is 0 Å². The van der Waals surface area contributed by atoms with Crippen molar-refractivity contribution < 1.29 is 27.5 Å². The molecule has 196 valence electrons. The van der Waals surface area contributed by atoms with Crippen molar-refractivity contribution in [1.29, 1.82) is 0 Å². The van der Waals surface area contributed by atoms with Crippen molar-refractivity contribution in [2.75, 3.05) is 7.11 Å². The predicted octanol–water partition coefficient (Wildman–Crippen LogP) is 4.49. The van der Waals surface area contributed by atoms with Crippen LogP contribution in [0, 0.1) is 0 Å². The Kier molecular flexibility index (Phi) is 7.29. The minimum atomic E-state index is -4.61. The van der Waals surface area contributed by atoms with E-state index in [1.54, 1.807) is 32.0 Å². The highest BCUT2D eigenvalue weighted by atomic mass is 19.4. The normalized spacial score (nSPS) is 11.6. The monoisotopic (exact) mass is 524 g/mol. The lowest BCUT2D eigenvalue weighted by Crippen LogP contribution is -2.37. The number of nitrogens with one attached hydrogen (secondary N) is 1. The molecule has 0 unspecified atom stereocenters. The van der Waals surface area contributed by atoms with Crippen LogP contribution >= 0.6 is 0 Å². The number of hydrogen-bond donors (Lipinski definition) is 1. The molecule has 2 aromatic carbocycles. The molecular formula is C27H23F3N4O4. The molecule has 38 heavy (non-hydrogen) atoms. The topological polar surface area (TPSA) is 103 Å². The number of aldehydes is 1. The minimum Gasteiger partial charge on any atom is -0.497 e. The van der Waals surface area contributed by atoms with Gasteiger partial charge in [-0.2, -0.15) is 13.2 Å². The van der Waals surface area contributed by atoms with E-state index in [-0.39, 0.29) is 28.5 Å². The zero-order valence-corrected chi connectivity index (χ0v) is 20.7. The van der Waals surface area contributed by atoms with E-state index in [0.29, 0.717) is 28.7 Å². The molecule has 1 amide bonds. The van der Waals surface area contributed by atoms with Crippen LogP contribution in [0.2, 0.25) is 0 Å². The number of alkyl halides is 3. The van der Waals surface area contributed by atoms with Gasteiger partial charge in [-0.15, -0.1) is 0 Å². The van der Waals surface area contributed by atoms with Crippen LogP contribution in [0.1, 0.15) is 29.8 Å². The summed E-state index contributed by atoms with van der Waals surface area (Å²) in [7, 11) is 1.45. The third-order valence-electron chi connectivity index (χ3n) is 5.64. The molecule has 4 aromatic rings. The number of carbonyl (C=O) groups excluding carboxylic acids is 2. The number of amides is 1. The number of rotatable bonds is 7. The van der Waals surface area contributed by atoms with Gasteiger partial charge < -0.3 is 10.1 Å². The number of aromatic nitrogens is 3. The molecule has 0 bridgehead atoms. The largest absolute Gasteiger partial charge is 0.497 e. The van der Waals surface area contributed by atoms with E-state index < -0.39 is 29.8 Å². The van der Waals surface area contributed by atoms with Gasteiger partial charge in [-0.3, -0.25) is 19.0 Å². The Balaban J connectivity index is 1.94. The van der Waals surface area contributed by atoms with Crippen molar-refractivity contribution in [3.05, 3.63) is 76.2 Å². The summed E-state index contributed by atoms with van der Waals surface area (Å²) in [5.41, 5.74) is -0.213. The molecule has 2 aromatic heterocycles. The average Bonchev–Trinajstić information content (AvgIpc) is 2.88. The predicted molar refractivity (Wildman–Crippen MR) is 135 cm³/mol. The summed E-state index contributed by atoms with van der Waals surface area (Å²) in [6, 6.07) is 10.5. The molecule has 0 saturated heterocycles. The summed E-state index contributed by atoms with van der Waals surface area (Å²) in [4.78, 5) is 46.3. The van der Waals surface area contributed by atoms with Gasteiger partial charge in [0.1, 0.15) is 24.4 Å². The Hall–Kier alpha value is -4.54. The Morgan fingerprint density at radius 3 is 2.53 bits per heavy atom. The summed E-state index contributed by atoms with van der Waals surface area (Å²) in [6.45, 7) is 3.01. The lowest BCUT2D eigenvalue weighted by molar-refractivity contribution is -0.137. The van der Waals surface area contributed by atoms with E-state index in [1.807, 2.05) is 0 Å². The SMILES string of the molecule is COc1cc(C=O)cc(-c2cnc3nc(-c4cccc(C(F)(F)F)c4)n(CC(=O)NC(C)C)c(=O)c3c2)c1. The summed E-state index contributed by atoms with van der Waals surface area (Å²) < 4.78 is 46.4. The number of benzene rings is 2. The molecule has 4 rings (SSSR count). The molecule has 0 saturated carbocycles. The molecule has 2 heterocycles. The Morgan fingerprint density at radius 1 is 1.11 bits per heavy atom. The first kappa shape index (κ1) is 26.5. The van der Waals surface area contributed by atoms with Gasteiger partial charge in [0, 0.05) is 28.9 Å². The van der Waals surface area contributed by atoms with E-state index in [9.17, 15) is 27.6 Å². The zero-order valence-electron chi connectivity index (χ0n) is 20.7. The van der Waals surface area contributed by atoms with Crippen molar-refractivity contribution in [3.8, 4) is 28.3 Å². The fourth-order valence-corrected chi connectivity index (χ4v) is 3.95. The molecule has 0 aliphatic heterocycles. The number of hydrogen-bond acceptors (Lipinski definition) is 6. The molecule has 0 aliphatic rings. The number of nitrogens with zero attached hydrogens (tertiary/aromatic N) is 3. The van der Waals surface area contributed by atoms with E-state index >= 15 is 0 Å². The molecule has 11 heteroatoms. The fourth-order valence-electron chi connectivity index (χ4n) is 3.95. The third-order valence-corrected chi connectivity index (χ3v) is 5.64. The minimum absolute atomic E-state index is 0.00506. The van der Waals surface area contributed by atoms with E-state index in [0.717, 1.165) is 16.7 Å². The highest BCUT2D eigenvalue weighted by Gasteiger charge is 2.31. The summed E-state index contributed by atoms with van der Waals surface area (Å²) >= 11 is 0. The highest BCUT2D eigenvalue weighted by Crippen LogP contribution is 2.32. The van der Waals surface area contributed by atoms with Crippen LogP contribution in [-0.2, 0) is 17.5 Å². The highest BCUT2D eigenvalue weighted by molar-refractivity contribution is 5.85. The number of methoxy groups -OCH3 is 1. The maximum Gasteiger partial charge on any atom is 0.416 e. The average molecular weight is 524 g/mol. The van der Waals surface area contributed by atoms with Gasteiger partial charge in [-0.25, -0.2) is 9.97 Å². The van der Waals surface area contributed by atoms with E-state index in [2.05, 4.69) is 15.3 Å². The molecule has 0 atom stereocenters. The van der Waals surface area contributed by atoms with Gasteiger partial charge in [0.2, 0.25) is 5.91 Å². The molecule has 8 nitrogen and oxygen atoms in total. The lowest BCUT2D eigenvalue weighted by atomic mass is 10.0. The zero-order chi connectivity index (χ0) is 27.6. The van der Waals surface area contributed by atoms with Gasteiger partial charge in [0.05, 0.1) is 18.1 Å². The van der Waals surface area contributed by atoms with Crippen molar-refractivity contribution in [2.24, 2.45) is 0 Å². The van der Waals surface area contributed by atoms with Crippen LogP contribution in [0.5, 0.6) is 5.75 Å². The smallest absolute Gasteiger partial charge is 0.416 e. The van der Waals surface area contributed by atoms with Crippen LogP contribution in [-0.4, -0.2) is 39.9 Å². The van der Waals surface area contributed by atoms with Gasteiger partial charge >= 0.3 is 6.18 Å². The number of ether oxygens (including phenoxy) is 1. The second kappa shape index (κ2) is 10.4. The molecule has 1 N–H and O–H groups in total. The molecule has 0 fully saturated rings. The van der Waals surface area contributed by atoms with Crippen molar-refractivity contribution in [3.63, 3.8) is 0 Å². The summed E-state index contributed by atoms with van der Waals surface area (Å²) in [5.74, 6) is -0.216. The summed E-state index contributed by atoms with van der Waals surface area (Å²) in [6.07, 6.45) is -2.52. The Morgan fingerprint density at radius 2 is 1.87 bits per heavy atom. The fraction of sp³-hybridized carbons (Fsp3) is 0.222. The first-order valence-electron chi connectivity index (χ1n) is 11.5. The first-order valence-corrected chi connectivity index (χ1v) is 11.5. The Labute approximate surface area is 215 Å². The standard InChI is InChI=1S/C27H23F3N4O4/c1-15(2)32-23(36)13-34-25(17-5-4-6-20(9-17)27(28,29)30)33-24-22(26(34)37)11-19(12-31-24)18-7-16(14-35)8-21(10-18)38-3/h4-12,14-15H,13H2,1-3H3,(H,32,36). The van der Waals surface area contributed by atoms with E-state index in [1.165, 1.54) is 31.5 Å². The Bertz CT molecular complexity index is 1600. The quantitative estimate of drug-likeness (QED) is 0.358. The van der Waals surface area contributed by atoms with Gasteiger partial charge in [0.15, 0.2) is 5.65 Å². The molecule has 0 radical (unpaired) electrons. The third kappa shape index (κ3) is 5.56. The van der Waals surface area contributed by atoms with Crippen molar-refractivity contribution in [1.82, 2.24) is 19.9 Å². The second-order valence-electron chi connectivity index (χ2n) is 8.84. The van der Waals surface area contributed by atoms with Crippen LogP contribution in [0.15, 0.2) is 59.5 Å². The van der Waals surface area contributed by atoms with Gasteiger partial charge in [-0.1, -0.05) is 12.1 Å². The van der Waals surface area contributed by atoms with Crippen LogP contribution in [0.25, 0.3) is 33.5 Å². The molecule has 0 spiro atoms. The number of carbonyl (C=O) groups is 2. The van der Waals surface area contributed by atoms with Crippen molar-refractivity contribution in [2.45, 2.75) is 32.6 Å². The summed E-state index contributed by atoms with van der Waals surface area (Å²) in [5, 5.41) is 2.72. The van der Waals surface area contributed by atoms with Crippen molar-refractivity contribution >= 4 is 23.2 Å². The lowest BCUT2D eigenvalue weighted by Gasteiger charge is -2.16. The van der Waals surface area contributed by atoms with Crippen LogP contribution in [0.4, 0.5) is 13.2 Å². The molecule has 0 aliphatic carbocycles. The number of fused-ring (bicyclic) bond motifs is 1. The second-order valence-corrected chi connectivity index (χ2v) is 8.84.